The molecule has 2 heterocycles. The number of aliphatic hydroxyl groups is 1. The van der Waals surface area contributed by atoms with Crippen LogP contribution in [0.25, 0.3) is 0 Å². The highest BCUT2D eigenvalue weighted by Gasteiger charge is 2.21. The number of aliphatic hydroxyl groups excluding tert-OH is 1. The lowest BCUT2D eigenvalue weighted by atomic mass is 10.2. The third-order valence-electron chi connectivity index (χ3n) is 3.15. The molecular formula is C14H20BrN3OS. The van der Waals surface area contributed by atoms with Crippen molar-refractivity contribution in [3.8, 4) is 0 Å². The average Bonchev–Trinajstić information content (AvgIpc) is 3.02. The Morgan fingerprint density at radius 2 is 2.20 bits per heavy atom. The number of nitrogens with zero attached hydrogens (tertiary/aromatic N) is 3. The lowest BCUT2D eigenvalue weighted by molar-refractivity contribution is 0.208. The van der Waals surface area contributed by atoms with Crippen LogP contribution in [-0.2, 0) is 13.0 Å². The van der Waals surface area contributed by atoms with Crippen molar-refractivity contribution < 1.29 is 5.11 Å². The number of thiophene rings is 1. The Hall–Kier alpha value is -0.690. The second-order valence-electron chi connectivity index (χ2n) is 4.96. The van der Waals surface area contributed by atoms with Gasteiger partial charge in [0.15, 0.2) is 0 Å². The van der Waals surface area contributed by atoms with Gasteiger partial charge < -0.3 is 10.0 Å². The number of hydrogen-bond acceptors (Lipinski definition) is 4. The van der Waals surface area contributed by atoms with E-state index in [4.69, 9.17) is 0 Å². The van der Waals surface area contributed by atoms with Gasteiger partial charge in [0.1, 0.15) is 6.10 Å². The molecule has 1 N–H and O–H groups in total. The first-order chi connectivity index (χ1) is 9.52. The van der Waals surface area contributed by atoms with Gasteiger partial charge in [0.25, 0.3) is 0 Å². The van der Waals surface area contributed by atoms with E-state index in [0.29, 0.717) is 0 Å². The number of likely N-dealkylation sites (N-methyl/N-ethyl adjacent to an activating group) is 1. The van der Waals surface area contributed by atoms with E-state index in [1.807, 2.05) is 24.8 Å². The molecule has 2 aromatic rings. The number of halogens is 1. The summed E-state index contributed by atoms with van der Waals surface area (Å²) in [7, 11) is 4.06. The largest absolute Gasteiger partial charge is 0.381 e. The predicted octanol–water partition coefficient (Wildman–Crippen LogP) is 2.91. The standard InChI is InChI=1S/C14H20BrN3OS/c1-4-10-5-6-12(20-10)14(19)13-11(15)9-16-18(13)8-7-17(2)3/h5-6,9,14,19H,4,7-8H2,1-3H3. The van der Waals surface area contributed by atoms with Crippen LogP contribution in [0.15, 0.2) is 22.8 Å². The SMILES string of the molecule is CCc1ccc(C(O)c2c(Br)cnn2CCN(C)C)s1. The Balaban J connectivity index is 2.24. The zero-order chi connectivity index (χ0) is 14.7. The molecular weight excluding hydrogens is 338 g/mol. The quantitative estimate of drug-likeness (QED) is 0.863. The maximum absolute atomic E-state index is 10.6. The van der Waals surface area contributed by atoms with Crippen LogP contribution in [0, 0.1) is 0 Å². The van der Waals surface area contributed by atoms with E-state index >= 15 is 0 Å². The molecule has 0 saturated carbocycles. The van der Waals surface area contributed by atoms with Crippen LogP contribution < -0.4 is 0 Å². The van der Waals surface area contributed by atoms with Crippen molar-refractivity contribution in [2.45, 2.75) is 26.0 Å². The highest BCUT2D eigenvalue weighted by atomic mass is 79.9. The lowest BCUT2D eigenvalue weighted by Crippen LogP contribution is -2.21. The van der Waals surface area contributed by atoms with Crippen molar-refractivity contribution in [2.24, 2.45) is 0 Å². The summed E-state index contributed by atoms with van der Waals surface area (Å²) < 4.78 is 2.73. The monoisotopic (exact) mass is 357 g/mol. The fourth-order valence-electron chi connectivity index (χ4n) is 1.98. The number of aryl methyl sites for hydroxylation is 1. The maximum atomic E-state index is 10.6. The molecule has 110 valence electrons. The molecule has 6 heteroatoms. The van der Waals surface area contributed by atoms with Crippen LogP contribution in [0.3, 0.4) is 0 Å². The first-order valence-electron chi connectivity index (χ1n) is 6.65. The molecule has 0 aliphatic heterocycles. The Kier molecular flexibility index (Phi) is 5.37. The van der Waals surface area contributed by atoms with Crippen LogP contribution in [0.4, 0.5) is 0 Å². The molecule has 0 spiro atoms. The van der Waals surface area contributed by atoms with E-state index in [9.17, 15) is 5.11 Å². The van der Waals surface area contributed by atoms with E-state index in [1.54, 1.807) is 17.5 Å². The van der Waals surface area contributed by atoms with Crippen LogP contribution in [0.5, 0.6) is 0 Å². The molecule has 0 fully saturated rings. The maximum Gasteiger partial charge on any atom is 0.131 e. The second kappa shape index (κ2) is 6.85. The molecule has 1 unspecified atom stereocenters. The minimum Gasteiger partial charge on any atom is -0.381 e. The van der Waals surface area contributed by atoms with Gasteiger partial charge in [-0.1, -0.05) is 6.92 Å². The van der Waals surface area contributed by atoms with Gasteiger partial charge >= 0.3 is 0 Å². The van der Waals surface area contributed by atoms with Crippen molar-refractivity contribution in [2.75, 3.05) is 20.6 Å². The van der Waals surface area contributed by atoms with Gasteiger partial charge in [-0.05, 0) is 48.6 Å². The third-order valence-corrected chi connectivity index (χ3v) is 5.04. The minimum atomic E-state index is -0.626. The molecule has 0 aliphatic carbocycles. The molecule has 2 aromatic heterocycles. The van der Waals surface area contributed by atoms with E-state index < -0.39 is 6.10 Å². The Morgan fingerprint density at radius 3 is 2.80 bits per heavy atom. The molecule has 20 heavy (non-hydrogen) atoms. The van der Waals surface area contributed by atoms with Crippen molar-refractivity contribution in [1.82, 2.24) is 14.7 Å². The van der Waals surface area contributed by atoms with Gasteiger partial charge in [-0.15, -0.1) is 11.3 Å². The first kappa shape index (κ1) is 15.7. The summed E-state index contributed by atoms with van der Waals surface area (Å²) in [5.41, 5.74) is 0.830. The van der Waals surface area contributed by atoms with Crippen molar-refractivity contribution in [1.29, 1.82) is 0 Å². The van der Waals surface area contributed by atoms with Gasteiger partial charge in [-0.25, -0.2) is 0 Å². The van der Waals surface area contributed by atoms with Gasteiger partial charge in [-0.2, -0.15) is 5.10 Å². The van der Waals surface area contributed by atoms with Crippen molar-refractivity contribution in [3.05, 3.63) is 38.3 Å². The van der Waals surface area contributed by atoms with Crippen molar-refractivity contribution >= 4 is 27.3 Å². The Bertz CT molecular complexity index is 565. The lowest BCUT2D eigenvalue weighted by Gasteiger charge is -2.15. The van der Waals surface area contributed by atoms with Gasteiger partial charge in [0.2, 0.25) is 0 Å². The molecule has 0 aliphatic rings. The third kappa shape index (κ3) is 3.49. The predicted molar refractivity (Wildman–Crippen MR) is 86.2 cm³/mol. The van der Waals surface area contributed by atoms with Gasteiger partial charge in [0, 0.05) is 16.3 Å². The summed E-state index contributed by atoms with van der Waals surface area (Å²) in [6, 6.07) is 4.08. The molecule has 0 amide bonds. The molecule has 4 nitrogen and oxygen atoms in total. The molecule has 0 bridgehead atoms. The highest BCUT2D eigenvalue weighted by molar-refractivity contribution is 9.10. The fourth-order valence-corrected chi connectivity index (χ4v) is 3.44. The number of rotatable bonds is 6. The minimum absolute atomic E-state index is 0.626. The summed E-state index contributed by atoms with van der Waals surface area (Å²) in [6.45, 7) is 3.77. The summed E-state index contributed by atoms with van der Waals surface area (Å²) in [6.07, 6.45) is 2.13. The first-order valence-corrected chi connectivity index (χ1v) is 8.26. The smallest absolute Gasteiger partial charge is 0.131 e. The topological polar surface area (TPSA) is 41.3 Å². The van der Waals surface area contributed by atoms with Crippen LogP contribution in [-0.4, -0.2) is 40.4 Å². The number of aromatic nitrogens is 2. The van der Waals surface area contributed by atoms with Crippen LogP contribution in [0.2, 0.25) is 0 Å². The van der Waals surface area contributed by atoms with E-state index in [2.05, 4.69) is 38.9 Å². The summed E-state index contributed by atoms with van der Waals surface area (Å²) in [5.74, 6) is 0. The Morgan fingerprint density at radius 1 is 1.45 bits per heavy atom. The van der Waals surface area contributed by atoms with Crippen LogP contribution >= 0.6 is 27.3 Å². The number of hydrogen-bond donors (Lipinski definition) is 1. The van der Waals surface area contributed by atoms with E-state index in [-0.39, 0.29) is 0 Å². The van der Waals surface area contributed by atoms with Crippen LogP contribution in [0.1, 0.15) is 28.5 Å². The molecule has 0 aromatic carbocycles. The molecule has 1 atom stereocenters. The zero-order valence-electron chi connectivity index (χ0n) is 12.0. The molecule has 0 radical (unpaired) electrons. The van der Waals surface area contributed by atoms with Crippen molar-refractivity contribution in [3.63, 3.8) is 0 Å². The van der Waals surface area contributed by atoms with Gasteiger partial charge in [0.05, 0.1) is 22.9 Å². The zero-order valence-corrected chi connectivity index (χ0v) is 14.4. The molecule has 2 rings (SSSR count). The fraction of sp³-hybridized carbons (Fsp3) is 0.500. The highest BCUT2D eigenvalue weighted by Crippen LogP contribution is 2.32. The van der Waals surface area contributed by atoms with E-state index in [1.165, 1.54) is 4.88 Å². The van der Waals surface area contributed by atoms with Gasteiger partial charge in [-0.3, -0.25) is 4.68 Å². The second-order valence-corrected chi connectivity index (χ2v) is 7.02. The summed E-state index contributed by atoms with van der Waals surface area (Å²) >= 11 is 5.15. The normalized spacial score (nSPS) is 13.1. The van der Waals surface area contributed by atoms with E-state index in [0.717, 1.165) is 34.6 Å². The summed E-state index contributed by atoms with van der Waals surface area (Å²) in [5, 5.41) is 15.0. The summed E-state index contributed by atoms with van der Waals surface area (Å²) in [4.78, 5) is 4.36. The Labute approximate surface area is 132 Å². The average molecular weight is 358 g/mol. The molecule has 0 saturated heterocycles.